The minimum Gasteiger partial charge on any atom is -0.481 e. The molecule has 4 N–H and O–H groups in total. The molecule has 0 bridgehead atoms. The number of fused-ring (bicyclic) bond motifs is 7. The van der Waals surface area contributed by atoms with Gasteiger partial charge < -0.3 is 29.9 Å². The summed E-state index contributed by atoms with van der Waals surface area (Å²) < 4.78 is 12.0. The van der Waals surface area contributed by atoms with Crippen LogP contribution in [-0.2, 0) is 23.9 Å². The van der Waals surface area contributed by atoms with E-state index < -0.39 is 48.0 Å². The number of hydrogen-bond acceptors (Lipinski definition) is 9. The van der Waals surface area contributed by atoms with Gasteiger partial charge in [-0.3, -0.25) is 14.4 Å². The highest BCUT2D eigenvalue weighted by Crippen LogP contribution is 2.77. The number of hydrogen-bond donors (Lipinski definition) is 4. The van der Waals surface area contributed by atoms with Gasteiger partial charge in [-0.25, -0.2) is 0 Å². The molecular weight excluding hydrogens is 626 g/mol. The first-order valence-corrected chi connectivity index (χ1v) is 18.9. The molecule has 5 saturated carbocycles. The Balaban J connectivity index is 1.19. The third-order valence-corrected chi connectivity index (χ3v) is 16.3. The van der Waals surface area contributed by atoms with Crippen LogP contribution >= 0.6 is 0 Å². The standard InChI is InChI=1S/C39H63NO9/c1-21(2)23-12-17-39(34(45)46)19-18-37(7)24(29(23)39)10-11-26-36(6)15-14-27(35(4,5)25(36)13-16-38(26,37)8)49-28(41)20-40(47-9)33-32(44)31(43)30(42)22(3)48-33/h22-27,29-33,42-44H,1,10-20H2,2-9H3,(H,45,46)/t22-,23+,24?,25?,26?,27+,29?,30-,31+,32-,33-,36+,37-,38-,39+/m1/s1. The molecule has 0 radical (unpaired) electrons. The first-order valence-electron chi connectivity index (χ1n) is 18.9. The van der Waals surface area contributed by atoms with Gasteiger partial charge in [0.15, 0.2) is 6.23 Å². The summed E-state index contributed by atoms with van der Waals surface area (Å²) in [6.07, 6.45) is 3.06. The minimum atomic E-state index is -1.47. The maximum Gasteiger partial charge on any atom is 0.323 e. The lowest BCUT2D eigenvalue weighted by Gasteiger charge is -2.72. The first kappa shape index (κ1) is 37.2. The molecule has 0 spiro atoms. The number of rotatable bonds is 7. The molecule has 0 aromatic carbocycles. The van der Waals surface area contributed by atoms with Crippen LogP contribution in [0.1, 0.15) is 113 Å². The van der Waals surface area contributed by atoms with Gasteiger partial charge >= 0.3 is 11.9 Å². The molecule has 1 heterocycles. The van der Waals surface area contributed by atoms with E-state index >= 15 is 0 Å². The molecule has 278 valence electrons. The van der Waals surface area contributed by atoms with E-state index in [1.807, 2.05) is 0 Å². The summed E-state index contributed by atoms with van der Waals surface area (Å²) >= 11 is 0. The molecule has 0 amide bonds. The van der Waals surface area contributed by atoms with E-state index in [4.69, 9.17) is 14.3 Å². The van der Waals surface area contributed by atoms with Gasteiger partial charge in [0.05, 0.1) is 18.6 Å². The summed E-state index contributed by atoms with van der Waals surface area (Å²) in [5.41, 5.74) is 0.441. The predicted octanol–water partition coefficient (Wildman–Crippen LogP) is 5.33. The summed E-state index contributed by atoms with van der Waals surface area (Å²) in [7, 11) is 1.37. The second kappa shape index (κ2) is 12.5. The number of esters is 1. The lowest BCUT2D eigenvalue weighted by molar-refractivity contribution is -0.321. The van der Waals surface area contributed by atoms with Crippen LogP contribution in [0.3, 0.4) is 0 Å². The maximum absolute atomic E-state index is 13.5. The van der Waals surface area contributed by atoms with Crippen molar-refractivity contribution in [3.63, 3.8) is 0 Å². The van der Waals surface area contributed by atoms with Gasteiger partial charge in [-0.05, 0) is 124 Å². The lowest BCUT2D eigenvalue weighted by Crippen LogP contribution is -2.67. The third-order valence-electron chi connectivity index (χ3n) is 16.3. The van der Waals surface area contributed by atoms with E-state index in [0.717, 1.165) is 69.8 Å². The fraction of sp³-hybridized carbons (Fsp3) is 0.897. The number of nitrogens with zero attached hydrogens (tertiary/aromatic N) is 1. The molecule has 10 nitrogen and oxygen atoms in total. The Kier molecular flexibility index (Phi) is 9.52. The van der Waals surface area contributed by atoms with Crippen molar-refractivity contribution in [1.29, 1.82) is 0 Å². The largest absolute Gasteiger partial charge is 0.481 e. The van der Waals surface area contributed by atoms with Crippen LogP contribution in [-0.4, -0.2) is 87.8 Å². The van der Waals surface area contributed by atoms with Crippen LogP contribution in [0, 0.1) is 56.7 Å². The zero-order chi connectivity index (χ0) is 36.1. The zero-order valence-corrected chi connectivity index (χ0v) is 31.1. The van der Waals surface area contributed by atoms with Crippen molar-refractivity contribution in [2.24, 2.45) is 56.7 Å². The van der Waals surface area contributed by atoms with Crippen molar-refractivity contribution < 1.29 is 44.3 Å². The van der Waals surface area contributed by atoms with Gasteiger partial charge in [-0.2, -0.15) is 0 Å². The number of hydroxylamine groups is 2. The topological polar surface area (TPSA) is 146 Å². The minimum absolute atomic E-state index is 0.0511. The van der Waals surface area contributed by atoms with E-state index in [-0.39, 0.29) is 46.1 Å². The van der Waals surface area contributed by atoms with Crippen LogP contribution in [0.2, 0.25) is 0 Å². The number of carbonyl (C=O) groups is 2. The summed E-state index contributed by atoms with van der Waals surface area (Å²) in [6.45, 7) is 19.8. The highest BCUT2D eigenvalue weighted by Gasteiger charge is 2.72. The molecule has 0 aromatic rings. The summed E-state index contributed by atoms with van der Waals surface area (Å²) in [4.78, 5) is 31.9. The van der Waals surface area contributed by atoms with Gasteiger partial charge in [0, 0.05) is 5.41 Å². The number of carboxylic acids is 1. The van der Waals surface area contributed by atoms with Crippen LogP contribution in [0.4, 0.5) is 0 Å². The van der Waals surface area contributed by atoms with Gasteiger partial charge in [0.1, 0.15) is 31.0 Å². The van der Waals surface area contributed by atoms with Gasteiger partial charge in [0.25, 0.3) is 0 Å². The second-order valence-corrected chi connectivity index (χ2v) is 18.4. The van der Waals surface area contributed by atoms with Crippen molar-refractivity contribution in [1.82, 2.24) is 5.06 Å². The Labute approximate surface area is 292 Å². The molecule has 6 rings (SSSR count). The monoisotopic (exact) mass is 689 g/mol. The second-order valence-electron chi connectivity index (χ2n) is 18.4. The number of aliphatic hydroxyl groups excluding tert-OH is 3. The van der Waals surface area contributed by atoms with Crippen molar-refractivity contribution in [2.45, 2.75) is 149 Å². The molecule has 6 fully saturated rings. The van der Waals surface area contributed by atoms with Crippen LogP contribution in [0.15, 0.2) is 12.2 Å². The highest BCUT2D eigenvalue weighted by atomic mass is 16.7. The molecule has 1 aliphatic heterocycles. The van der Waals surface area contributed by atoms with Crippen molar-refractivity contribution >= 4 is 11.9 Å². The van der Waals surface area contributed by atoms with E-state index in [0.29, 0.717) is 17.8 Å². The van der Waals surface area contributed by atoms with Gasteiger partial charge in [-0.1, -0.05) is 46.8 Å². The molecule has 0 aromatic heterocycles. The van der Waals surface area contributed by atoms with E-state index in [2.05, 4.69) is 48.1 Å². The Morgan fingerprint density at radius 3 is 2.18 bits per heavy atom. The molecular formula is C39H63NO9. The first-order chi connectivity index (χ1) is 22.8. The smallest absolute Gasteiger partial charge is 0.323 e. The molecule has 49 heavy (non-hydrogen) atoms. The lowest BCUT2D eigenvalue weighted by atomic mass is 9.32. The van der Waals surface area contributed by atoms with E-state index in [1.165, 1.54) is 12.2 Å². The molecule has 1 saturated heterocycles. The van der Waals surface area contributed by atoms with Crippen LogP contribution in [0.5, 0.6) is 0 Å². The fourth-order valence-electron chi connectivity index (χ4n) is 13.5. The van der Waals surface area contributed by atoms with Crippen molar-refractivity contribution in [3.8, 4) is 0 Å². The van der Waals surface area contributed by atoms with Crippen LogP contribution < -0.4 is 0 Å². The van der Waals surface area contributed by atoms with Gasteiger partial charge in [0.2, 0.25) is 0 Å². The SMILES string of the molecule is C=C(C)[C@@H]1CC[C@]2(C(=O)O)CC[C@]3(C)C(CCC4[C@@]5(C)CC[C@H](OC(=O)CN(OC)[C@@H]6O[C@H](C)[C@@H](O)[C@H](O)[C@H]6O)C(C)(C)C5CC[C@]43C)C12. The normalized spacial score (nSPS) is 50.4. The summed E-state index contributed by atoms with van der Waals surface area (Å²) in [6, 6.07) is 0. The Morgan fingerprint density at radius 2 is 1.55 bits per heavy atom. The highest BCUT2D eigenvalue weighted by molar-refractivity contribution is 5.76. The zero-order valence-electron chi connectivity index (χ0n) is 31.1. The Morgan fingerprint density at radius 1 is 0.857 bits per heavy atom. The predicted molar refractivity (Wildman–Crippen MR) is 183 cm³/mol. The quantitative estimate of drug-likeness (QED) is 0.157. The number of allylic oxidation sites excluding steroid dienone is 1. The average molecular weight is 690 g/mol. The Bertz CT molecular complexity index is 1320. The molecule has 6 aliphatic rings. The summed E-state index contributed by atoms with van der Waals surface area (Å²) in [5.74, 6) is 0.558. The van der Waals surface area contributed by atoms with Crippen LogP contribution in [0.25, 0.3) is 0 Å². The van der Waals surface area contributed by atoms with Gasteiger partial charge in [-0.15, -0.1) is 5.06 Å². The van der Waals surface area contributed by atoms with E-state index in [9.17, 15) is 30.0 Å². The number of carboxylic acid groups (broad SMARTS) is 1. The Hall–Kier alpha value is -1.56. The van der Waals surface area contributed by atoms with Crippen molar-refractivity contribution in [3.05, 3.63) is 12.2 Å². The third kappa shape index (κ3) is 5.31. The number of aliphatic hydroxyl groups is 3. The summed E-state index contributed by atoms with van der Waals surface area (Å²) in [5, 5.41) is 42.9. The average Bonchev–Trinajstić information content (AvgIpc) is 3.44. The molecule has 4 unspecified atom stereocenters. The molecule has 5 aliphatic carbocycles. The van der Waals surface area contributed by atoms with E-state index in [1.54, 1.807) is 6.92 Å². The maximum atomic E-state index is 13.5. The molecule has 15 atom stereocenters. The fourth-order valence-corrected chi connectivity index (χ4v) is 13.5. The number of ether oxygens (including phenoxy) is 2. The molecule has 10 heteroatoms. The van der Waals surface area contributed by atoms with Crippen molar-refractivity contribution in [2.75, 3.05) is 13.7 Å². The number of carbonyl (C=O) groups excluding carboxylic acids is 1. The number of aliphatic carboxylic acids is 1.